The molecule has 2 rings (SSSR count). The maximum absolute atomic E-state index is 6.10. The zero-order valence-corrected chi connectivity index (χ0v) is 11.6. The number of alkyl halides is 1. The Morgan fingerprint density at radius 3 is 2.35 bits per heavy atom. The van der Waals surface area contributed by atoms with Crippen LogP contribution in [0.1, 0.15) is 28.2 Å². The van der Waals surface area contributed by atoms with Gasteiger partial charge in [-0.25, -0.2) is 0 Å². The normalized spacial score (nSPS) is 12.6. The molecule has 2 heteroatoms. The average molecular weight is 265 g/mol. The monoisotopic (exact) mass is 264 g/mol. The van der Waals surface area contributed by atoms with Gasteiger partial charge in [-0.3, -0.25) is 0 Å². The van der Waals surface area contributed by atoms with Crippen LogP contribution in [0.2, 0.25) is 0 Å². The van der Waals surface area contributed by atoms with E-state index >= 15 is 0 Å². The first-order valence-corrected chi connectivity index (χ1v) is 7.37. The summed E-state index contributed by atoms with van der Waals surface area (Å²) in [6, 6.07) is 15.0. The van der Waals surface area contributed by atoms with Crippen molar-refractivity contribution < 1.29 is 0 Å². The van der Waals surface area contributed by atoms with E-state index in [-0.39, 0.29) is 0 Å². The minimum Gasteiger partial charge on any atom is -0.145 e. The Balaban J connectivity index is 2.10. The summed E-state index contributed by atoms with van der Waals surface area (Å²) in [5.74, 6) is 1.12. The van der Waals surface area contributed by atoms with Gasteiger partial charge >= 0.3 is 0 Å². The number of hydrogen-bond donors (Lipinski definition) is 0. The molecule has 0 saturated carbocycles. The highest BCUT2D eigenvalue weighted by molar-refractivity contribution is 7.11. The fourth-order valence-corrected chi connectivity index (χ4v) is 3.28. The highest BCUT2D eigenvalue weighted by atomic mass is 35.5. The van der Waals surface area contributed by atoms with Crippen molar-refractivity contribution in [2.45, 2.75) is 25.7 Å². The van der Waals surface area contributed by atoms with E-state index in [1.165, 1.54) is 15.3 Å². The molecule has 2 aromatic rings. The second kappa shape index (κ2) is 6.23. The van der Waals surface area contributed by atoms with Crippen molar-refractivity contribution in [3.63, 3.8) is 0 Å². The summed E-state index contributed by atoms with van der Waals surface area (Å²) in [6.07, 6.45) is 2.18. The van der Waals surface area contributed by atoms with Gasteiger partial charge in [0.25, 0.3) is 0 Å². The quantitative estimate of drug-likeness (QED) is 0.676. The zero-order chi connectivity index (χ0) is 12.1. The van der Waals surface area contributed by atoms with Gasteiger partial charge in [-0.15, -0.1) is 22.9 Å². The lowest BCUT2D eigenvalue weighted by Gasteiger charge is -2.12. The molecular weight excluding hydrogens is 248 g/mol. The lowest BCUT2D eigenvalue weighted by Crippen LogP contribution is -2.03. The number of hydrogen-bond acceptors (Lipinski definition) is 1. The molecule has 17 heavy (non-hydrogen) atoms. The van der Waals surface area contributed by atoms with E-state index < -0.39 is 0 Å². The van der Waals surface area contributed by atoms with Gasteiger partial charge in [0.1, 0.15) is 0 Å². The summed E-state index contributed by atoms with van der Waals surface area (Å²) in [5.41, 5.74) is 1.34. The fourth-order valence-electron chi connectivity index (χ4n) is 1.95. The van der Waals surface area contributed by atoms with Gasteiger partial charge in [-0.1, -0.05) is 37.3 Å². The first kappa shape index (κ1) is 12.7. The van der Waals surface area contributed by atoms with E-state index in [0.717, 1.165) is 12.8 Å². The van der Waals surface area contributed by atoms with Crippen molar-refractivity contribution in [2.75, 3.05) is 5.88 Å². The highest BCUT2D eigenvalue weighted by Gasteiger charge is 2.12. The van der Waals surface area contributed by atoms with Crippen molar-refractivity contribution in [1.29, 1.82) is 0 Å². The van der Waals surface area contributed by atoms with E-state index in [9.17, 15) is 0 Å². The Labute approximate surface area is 112 Å². The maximum Gasteiger partial charge on any atom is 0.0295 e. The van der Waals surface area contributed by atoms with Crippen LogP contribution in [0.3, 0.4) is 0 Å². The Hall–Kier alpha value is -0.790. The molecule has 1 aromatic heterocycles. The van der Waals surface area contributed by atoms with Crippen LogP contribution in [0.25, 0.3) is 0 Å². The van der Waals surface area contributed by atoms with Crippen molar-refractivity contribution in [3.05, 3.63) is 57.8 Å². The van der Waals surface area contributed by atoms with Gasteiger partial charge in [-0.2, -0.15) is 0 Å². The summed E-state index contributed by atoms with van der Waals surface area (Å²) < 4.78 is 0. The second-order valence-electron chi connectivity index (χ2n) is 4.19. The maximum atomic E-state index is 6.10. The van der Waals surface area contributed by atoms with Gasteiger partial charge in [-0.05, 0) is 30.5 Å². The Morgan fingerprint density at radius 2 is 1.76 bits per heavy atom. The van der Waals surface area contributed by atoms with Crippen LogP contribution in [0, 0.1) is 0 Å². The van der Waals surface area contributed by atoms with Crippen LogP contribution in [0.4, 0.5) is 0 Å². The first-order valence-electron chi connectivity index (χ1n) is 6.02. The average Bonchev–Trinajstić information content (AvgIpc) is 2.84. The molecule has 0 saturated heterocycles. The molecule has 0 aliphatic heterocycles. The number of thiophene rings is 1. The molecule has 0 N–H and O–H groups in total. The Bertz CT molecular complexity index is 447. The molecule has 0 amide bonds. The molecule has 1 unspecified atom stereocenters. The van der Waals surface area contributed by atoms with Gasteiger partial charge in [0, 0.05) is 21.6 Å². The summed E-state index contributed by atoms with van der Waals surface area (Å²) in [7, 11) is 0. The number of benzene rings is 1. The molecule has 0 nitrogen and oxygen atoms in total. The molecule has 0 aliphatic rings. The Morgan fingerprint density at radius 1 is 1.06 bits per heavy atom. The first-order chi connectivity index (χ1) is 8.33. The van der Waals surface area contributed by atoms with E-state index in [4.69, 9.17) is 11.6 Å². The molecule has 0 fully saturated rings. The molecule has 1 heterocycles. The molecule has 0 aliphatic carbocycles. The number of halogens is 1. The topological polar surface area (TPSA) is 0 Å². The SMILES string of the molecule is CCc1ccc(CC(CCl)c2ccccc2)s1. The molecule has 1 aromatic carbocycles. The van der Waals surface area contributed by atoms with Crippen molar-refractivity contribution >= 4 is 22.9 Å². The minimum absolute atomic E-state index is 0.432. The van der Waals surface area contributed by atoms with Gasteiger partial charge in [0.2, 0.25) is 0 Å². The van der Waals surface area contributed by atoms with Gasteiger partial charge in [0.05, 0.1) is 0 Å². The standard InChI is InChI=1S/C15H17ClS/c1-2-14-8-9-15(17-14)10-13(11-16)12-6-4-3-5-7-12/h3-9,13H,2,10-11H2,1H3. The van der Waals surface area contributed by atoms with Crippen LogP contribution in [0.15, 0.2) is 42.5 Å². The van der Waals surface area contributed by atoms with Crippen LogP contribution in [-0.2, 0) is 12.8 Å². The number of aryl methyl sites for hydroxylation is 1. The van der Waals surface area contributed by atoms with Crippen molar-refractivity contribution in [1.82, 2.24) is 0 Å². The third-order valence-electron chi connectivity index (χ3n) is 2.97. The van der Waals surface area contributed by atoms with E-state index in [1.807, 2.05) is 11.3 Å². The summed E-state index contributed by atoms with van der Waals surface area (Å²) in [4.78, 5) is 2.90. The molecule has 0 radical (unpaired) electrons. The minimum atomic E-state index is 0.432. The molecular formula is C15H17ClS. The van der Waals surface area contributed by atoms with Gasteiger partial charge < -0.3 is 0 Å². The molecule has 90 valence electrons. The van der Waals surface area contributed by atoms with Crippen LogP contribution < -0.4 is 0 Å². The van der Waals surface area contributed by atoms with E-state index in [2.05, 4.69) is 49.4 Å². The second-order valence-corrected chi connectivity index (χ2v) is 5.75. The van der Waals surface area contributed by atoms with Gasteiger partial charge in [0.15, 0.2) is 0 Å². The van der Waals surface area contributed by atoms with Crippen LogP contribution >= 0.6 is 22.9 Å². The zero-order valence-electron chi connectivity index (χ0n) is 10.0. The Kier molecular flexibility index (Phi) is 4.64. The third kappa shape index (κ3) is 3.34. The largest absolute Gasteiger partial charge is 0.145 e. The summed E-state index contributed by atoms with van der Waals surface area (Å²) in [5, 5.41) is 0. The number of rotatable bonds is 5. The molecule has 1 atom stereocenters. The lowest BCUT2D eigenvalue weighted by molar-refractivity contribution is 0.776. The summed E-state index contributed by atoms with van der Waals surface area (Å²) in [6.45, 7) is 2.20. The fraction of sp³-hybridized carbons (Fsp3) is 0.333. The third-order valence-corrected chi connectivity index (χ3v) is 4.59. The van der Waals surface area contributed by atoms with Crippen LogP contribution in [-0.4, -0.2) is 5.88 Å². The van der Waals surface area contributed by atoms with Crippen molar-refractivity contribution in [3.8, 4) is 0 Å². The molecule has 0 bridgehead atoms. The van der Waals surface area contributed by atoms with E-state index in [0.29, 0.717) is 11.8 Å². The lowest BCUT2D eigenvalue weighted by atomic mass is 9.97. The summed E-state index contributed by atoms with van der Waals surface area (Å²) >= 11 is 8.01. The molecule has 0 spiro atoms. The predicted molar refractivity (Wildman–Crippen MR) is 77.3 cm³/mol. The highest BCUT2D eigenvalue weighted by Crippen LogP contribution is 2.26. The smallest absolute Gasteiger partial charge is 0.0295 e. The van der Waals surface area contributed by atoms with Crippen molar-refractivity contribution in [2.24, 2.45) is 0 Å². The predicted octanol–water partition coefficient (Wildman–Crippen LogP) is 4.88. The van der Waals surface area contributed by atoms with Crippen LogP contribution in [0.5, 0.6) is 0 Å². The van der Waals surface area contributed by atoms with E-state index in [1.54, 1.807) is 0 Å².